The van der Waals surface area contributed by atoms with Gasteiger partial charge in [0.1, 0.15) is 11.5 Å². The van der Waals surface area contributed by atoms with Crippen LogP contribution in [-0.2, 0) is 0 Å². The van der Waals surface area contributed by atoms with E-state index in [0.717, 1.165) is 38.6 Å². The van der Waals surface area contributed by atoms with Gasteiger partial charge in [-0.25, -0.2) is 4.98 Å². The van der Waals surface area contributed by atoms with Crippen molar-refractivity contribution in [2.24, 2.45) is 0 Å². The number of hydrogen-bond donors (Lipinski definition) is 1. The molecule has 27 heavy (non-hydrogen) atoms. The van der Waals surface area contributed by atoms with Crippen LogP contribution in [0.25, 0.3) is 16.9 Å². The number of benzene rings is 2. The van der Waals surface area contributed by atoms with Crippen LogP contribution >= 0.6 is 15.9 Å². The monoisotopic (exact) mass is 421 g/mol. The molecule has 0 saturated heterocycles. The van der Waals surface area contributed by atoms with Gasteiger partial charge in [-0.15, -0.1) is 0 Å². The molecule has 0 aliphatic carbocycles. The first-order valence-electron chi connectivity index (χ1n) is 8.66. The minimum Gasteiger partial charge on any atom is -0.378 e. The highest BCUT2D eigenvalue weighted by atomic mass is 79.9. The smallest absolute Gasteiger partial charge is 0.157 e. The Morgan fingerprint density at radius 1 is 1.07 bits per heavy atom. The Bertz CT molecular complexity index is 1100. The molecule has 2 aromatic carbocycles. The van der Waals surface area contributed by atoms with Crippen LogP contribution in [0.3, 0.4) is 0 Å². The number of anilines is 3. The molecule has 1 N–H and O–H groups in total. The predicted octanol–water partition coefficient (Wildman–Crippen LogP) is 5.28. The fourth-order valence-corrected chi connectivity index (χ4v) is 3.59. The molecule has 2 aromatic heterocycles. The van der Waals surface area contributed by atoms with Crippen LogP contribution in [0.4, 0.5) is 17.2 Å². The van der Waals surface area contributed by atoms with E-state index in [9.17, 15) is 0 Å². The molecule has 0 bridgehead atoms. The molecule has 0 aliphatic heterocycles. The summed E-state index contributed by atoms with van der Waals surface area (Å²) >= 11 is 3.65. The van der Waals surface area contributed by atoms with Gasteiger partial charge in [0.05, 0.1) is 11.9 Å². The summed E-state index contributed by atoms with van der Waals surface area (Å²) in [4.78, 5) is 11.1. The maximum absolute atomic E-state index is 4.81. The van der Waals surface area contributed by atoms with E-state index in [-0.39, 0.29) is 0 Å². The summed E-state index contributed by atoms with van der Waals surface area (Å²) in [6.45, 7) is 2.08. The van der Waals surface area contributed by atoms with Crippen LogP contribution in [0, 0.1) is 6.92 Å². The maximum Gasteiger partial charge on any atom is 0.157 e. The molecular weight excluding hydrogens is 402 g/mol. The number of nitrogens with zero attached hydrogens (tertiary/aromatic N) is 4. The highest BCUT2D eigenvalue weighted by Gasteiger charge is 2.15. The van der Waals surface area contributed by atoms with Crippen molar-refractivity contribution in [2.45, 2.75) is 6.92 Å². The van der Waals surface area contributed by atoms with Crippen LogP contribution in [0.2, 0.25) is 0 Å². The van der Waals surface area contributed by atoms with E-state index < -0.39 is 0 Å². The Labute approximate surface area is 166 Å². The minimum atomic E-state index is 0.801. The molecule has 0 amide bonds. The highest BCUT2D eigenvalue weighted by Crippen LogP contribution is 2.34. The number of fused-ring (bicyclic) bond motifs is 1. The zero-order valence-electron chi connectivity index (χ0n) is 15.4. The van der Waals surface area contributed by atoms with Crippen LogP contribution in [-0.4, -0.2) is 28.5 Å². The van der Waals surface area contributed by atoms with Crippen molar-refractivity contribution in [3.8, 4) is 11.3 Å². The Balaban J connectivity index is 1.84. The van der Waals surface area contributed by atoms with Gasteiger partial charge >= 0.3 is 0 Å². The van der Waals surface area contributed by atoms with Crippen LogP contribution < -0.4 is 10.2 Å². The molecule has 0 aliphatic rings. The van der Waals surface area contributed by atoms with E-state index in [1.54, 1.807) is 12.4 Å². The highest BCUT2D eigenvalue weighted by molar-refractivity contribution is 9.10. The first-order valence-corrected chi connectivity index (χ1v) is 9.45. The second-order valence-corrected chi connectivity index (χ2v) is 7.52. The number of hydrogen-bond acceptors (Lipinski definition) is 4. The number of halogens is 1. The van der Waals surface area contributed by atoms with Gasteiger partial charge in [0.25, 0.3) is 0 Å². The fraction of sp³-hybridized carbons (Fsp3) is 0.143. The van der Waals surface area contributed by atoms with E-state index in [0.29, 0.717) is 0 Å². The quantitative estimate of drug-likeness (QED) is 0.486. The summed E-state index contributed by atoms with van der Waals surface area (Å²) in [5.74, 6) is 0.912. The molecule has 0 fully saturated rings. The summed E-state index contributed by atoms with van der Waals surface area (Å²) < 4.78 is 3.04. The molecule has 4 aromatic rings. The van der Waals surface area contributed by atoms with E-state index in [1.807, 2.05) is 24.7 Å². The summed E-state index contributed by atoms with van der Waals surface area (Å²) in [7, 11) is 4.07. The van der Waals surface area contributed by atoms with Crippen molar-refractivity contribution < 1.29 is 0 Å². The summed E-state index contributed by atoms with van der Waals surface area (Å²) in [6, 6.07) is 14.6. The zero-order chi connectivity index (χ0) is 19.0. The Morgan fingerprint density at radius 2 is 1.85 bits per heavy atom. The van der Waals surface area contributed by atoms with E-state index in [2.05, 4.69) is 80.5 Å². The van der Waals surface area contributed by atoms with Gasteiger partial charge in [0.15, 0.2) is 5.65 Å². The molecule has 0 unspecified atom stereocenters. The van der Waals surface area contributed by atoms with Gasteiger partial charge in [0, 0.05) is 42.2 Å². The first-order chi connectivity index (χ1) is 13.0. The van der Waals surface area contributed by atoms with Gasteiger partial charge in [-0.3, -0.25) is 9.38 Å². The molecule has 5 nitrogen and oxygen atoms in total. The Hall–Kier alpha value is -2.86. The molecule has 0 radical (unpaired) electrons. The summed E-state index contributed by atoms with van der Waals surface area (Å²) in [5.41, 5.74) is 6.09. The number of imidazole rings is 1. The number of aromatic nitrogens is 3. The van der Waals surface area contributed by atoms with Crippen molar-refractivity contribution >= 4 is 38.8 Å². The van der Waals surface area contributed by atoms with Gasteiger partial charge in [-0.1, -0.05) is 18.2 Å². The Kier molecular flexibility index (Phi) is 4.58. The molecule has 6 heteroatoms. The molecule has 0 saturated carbocycles. The largest absolute Gasteiger partial charge is 0.378 e. The van der Waals surface area contributed by atoms with E-state index >= 15 is 0 Å². The van der Waals surface area contributed by atoms with Gasteiger partial charge < -0.3 is 10.2 Å². The summed E-state index contributed by atoms with van der Waals surface area (Å²) in [6.07, 6.45) is 5.46. The average molecular weight is 422 g/mol. The molecule has 0 atom stereocenters. The summed E-state index contributed by atoms with van der Waals surface area (Å²) in [5, 5.41) is 3.54. The van der Waals surface area contributed by atoms with Crippen molar-refractivity contribution in [1.29, 1.82) is 0 Å². The van der Waals surface area contributed by atoms with Crippen molar-refractivity contribution in [3.05, 3.63) is 71.1 Å². The van der Waals surface area contributed by atoms with Gasteiger partial charge in [0.2, 0.25) is 0 Å². The predicted molar refractivity (Wildman–Crippen MR) is 115 cm³/mol. The molecule has 136 valence electrons. The third-order valence-corrected chi connectivity index (χ3v) is 5.12. The number of nitrogens with one attached hydrogen (secondary N) is 1. The number of aryl methyl sites for hydroxylation is 1. The lowest BCUT2D eigenvalue weighted by Gasteiger charge is -2.13. The molecule has 2 heterocycles. The Morgan fingerprint density at radius 3 is 2.56 bits per heavy atom. The lowest BCUT2D eigenvalue weighted by Crippen LogP contribution is -2.08. The van der Waals surface area contributed by atoms with Crippen molar-refractivity contribution in [2.75, 3.05) is 24.3 Å². The third-order valence-electron chi connectivity index (χ3n) is 4.46. The number of rotatable bonds is 4. The maximum atomic E-state index is 4.81. The third kappa shape index (κ3) is 3.40. The molecule has 4 rings (SSSR count). The van der Waals surface area contributed by atoms with Crippen LogP contribution in [0.5, 0.6) is 0 Å². The van der Waals surface area contributed by atoms with E-state index in [4.69, 9.17) is 4.98 Å². The van der Waals surface area contributed by atoms with Crippen molar-refractivity contribution in [3.63, 3.8) is 0 Å². The van der Waals surface area contributed by atoms with E-state index in [1.165, 1.54) is 5.56 Å². The second kappa shape index (κ2) is 7.04. The topological polar surface area (TPSA) is 45.5 Å². The van der Waals surface area contributed by atoms with Crippen LogP contribution in [0.15, 0.2) is 65.5 Å². The average Bonchev–Trinajstić information content (AvgIpc) is 3.02. The fourth-order valence-electron chi connectivity index (χ4n) is 2.99. The van der Waals surface area contributed by atoms with Crippen LogP contribution in [0.1, 0.15) is 5.56 Å². The lowest BCUT2D eigenvalue weighted by atomic mass is 10.1. The lowest BCUT2D eigenvalue weighted by molar-refractivity contribution is 1.13. The second-order valence-electron chi connectivity index (χ2n) is 6.66. The van der Waals surface area contributed by atoms with Gasteiger partial charge in [-0.05, 0) is 52.7 Å². The normalized spacial score (nSPS) is 11.0. The molecular formula is C21H20BrN5. The standard InChI is InChI=1S/C21H20BrN5/c1-14-4-9-18(17(22)12-14)24-21-20(25-19-13-23-10-11-27(19)21)15-5-7-16(8-6-15)26(2)3/h4-13,24H,1-3H3. The zero-order valence-corrected chi connectivity index (χ0v) is 17.0. The van der Waals surface area contributed by atoms with Gasteiger partial charge in [-0.2, -0.15) is 0 Å². The van der Waals surface area contributed by atoms with Crippen molar-refractivity contribution in [1.82, 2.24) is 14.4 Å². The minimum absolute atomic E-state index is 0.801. The first kappa shape index (κ1) is 17.5. The SMILES string of the molecule is Cc1ccc(Nc2c(-c3ccc(N(C)C)cc3)nc3cnccn23)c(Br)c1. The molecule has 0 spiro atoms.